The summed E-state index contributed by atoms with van der Waals surface area (Å²) in [6, 6.07) is 33.4. The molecule has 4 aromatic carbocycles. The van der Waals surface area contributed by atoms with Crippen LogP contribution in [0.3, 0.4) is 0 Å². The minimum absolute atomic E-state index is 0.0735. The molecule has 2 aliphatic rings. The van der Waals surface area contributed by atoms with Crippen molar-refractivity contribution >= 4 is 0 Å². The van der Waals surface area contributed by atoms with Crippen LogP contribution in [0.25, 0.3) is 33.5 Å². The van der Waals surface area contributed by atoms with Crippen LogP contribution in [-0.4, -0.2) is 4.98 Å². The highest BCUT2D eigenvalue weighted by Crippen LogP contribution is 2.55. The van der Waals surface area contributed by atoms with E-state index in [9.17, 15) is 0 Å². The van der Waals surface area contributed by atoms with Gasteiger partial charge in [-0.2, -0.15) is 0 Å². The SMILES string of the molecule is CC1(C)c2ccccc2-c2cc3c(cc21)Oc1ccc(-c2ccc(-c4ccccn4)cc2)cc1O3. The van der Waals surface area contributed by atoms with E-state index in [1.807, 2.05) is 30.5 Å². The first-order chi connectivity index (χ1) is 17.1. The lowest BCUT2D eigenvalue weighted by Gasteiger charge is -2.25. The maximum absolute atomic E-state index is 6.41. The first-order valence-electron chi connectivity index (χ1n) is 11.9. The van der Waals surface area contributed by atoms with Gasteiger partial charge in [0.2, 0.25) is 0 Å². The minimum Gasteiger partial charge on any atom is -0.450 e. The van der Waals surface area contributed by atoms with Crippen molar-refractivity contribution in [3.63, 3.8) is 0 Å². The van der Waals surface area contributed by atoms with E-state index in [-0.39, 0.29) is 5.41 Å². The molecular weight excluding hydrogens is 430 g/mol. The molecule has 1 aromatic heterocycles. The number of ether oxygens (including phenoxy) is 2. The summed E-state index contributed by atoms with van der Waals surface area (Å²) in [4.78, 5) is 4.44. The average molecular weight is 454 g/mol. The van der Waals surface area contributed by atoms with E-state index >= 15 is 0 Å². The molecule has 0 fully saturated rings. The number of hydrogen-bond donors (Lipinski definition) is 0. The van der Waals surface area contributed by atoms with E-state index in [1.165, 1.54) is 22.3 Å². The maximum atomic E-state index is 6.41. The molecule has 0 spiro atoms. The zero-order valence-corrected chi connectivity index (χ0v) is 19.6. The summed E-state index contributed by atoms with van der Waals surface area (Å²) in [6.45, 7) is 4.54. The number of benzene rings is 4. The fourth-order valence-electron chi connectivity index (χ4n) is 5.32. The highest BCUT2D eigenvalue weighted by Gasteiger charge is 2.37. The molecule has 0 amide bonds. The molecule has 0 saturated carbocycles. The lowest BCUT2D eigenvalue weighted by atomic mass is 9.82. The van der Waals surface area contributed by atoms with Gasteiger partial charge in [-0.25, -0.2) is 0 Å². The van der Waals surface area contributed by atoms with Gasteiger partial charge in [0.1, 0.15) is 0 Å². The van der Waals surface area contributed by atoms with Gasteiger partial charge >= 0.3 is 0 Å². The van der Waals surface area contributed by atoms with Gasteiger partial charge in [0, 0.05) is 17.2 Å². The van der Waals surface area contributed by atoms with Crippen LogP contribution in [0.4, 0.5) is 0 Å². The Morgan fingerprint density at radius 2 is 1.23 bits per heavy atom. The van der Waals surface area contributed by atoms with E-state index in [0.717, 1.165) is 45.4 Å². The standard InChI is InChI=1S/C32H23NO2/c1-32(2)25-8-4-3-7-23(25)24-18-30-31(19-26(24)32)34-28-15-14-22(17-29(28)35-30)20-10-12-21(13-11-20)27-9-5-6-16-33-27/h3-19H,1-2H3. The Balaban J connectivity index is 1.24. The van der Waals surface area contributed by atoms with Crippen LogP contribution < -0.4 is 9.47 Å². The smallest absolute Gasteiger partial charge is 0.170 e. The van der Waals surface area contributed by atoms with Crippen LogP contribution in [0.2, 0.25) is 0 Å². The molecule has 168 valence electrons. The van der Waals surface area contributed by atoms with Gasteiger partial charge < -0.3 is 9.47 Å². The molecule has 2 heterocycles. The van der Waals surface area contributed by atoms with Crippen LogP contribution in [-0.2, 0) is 5.41 Å². The fourth-order valence-corrected chi connectivity index (χ4v) is 5.32. The molecule has 0 atom stereocenters. The molecule has 3 nitrogen and oxygen atoms in total. The monoisotopic (exact) mass is 453 g/mol. The first-order valence-corrected chi connectivity index (χ1v) is 11.9. The molecular formula is C32H23NO2. The van der Waals surface area contributed by atoms with Crippen molar-refractivity contribution in [2.45, 2.75) is 19.3 Å². The van der Waals surface area contributed by atoms with E-state index in [0.29, 0.717) is 0 Å². The van der Waals surface area contributed by atoms with Crippen LogP contribution in [0, 0.1) is 0 Å². The Morgan fingerprint density at radius 3 is 2.06 bits per heavy atom. The summed E-state index contributed by atoms with van der Waals surface area (Å²) in [5, 5.41) is 0. The van der Waals surface area contributed by atoms with Crippen molar-refractivity contribution in [3.05, 3.63) is 114 Å². The zero-order chi connectivity index (χ0) is 23.6. The second-order valence-electron chi connectivity index (χ2n) is 9.67. The topological polar surface area (TPSA) is 31.4 Å². The lowest BCUT2D eigenvalue weighted by molar-refractivity contribution is 0.359. The molecule has 35 heavy (non-hydrogen) atoms. The van der Waals surface area contributed by atoms with Crippen LogP contribution in [0.5, 0.6) is 23.0 Å². The average Bonchev–Trinajstić information content (AvgIpc) is 3.12. The predicted octanol–water partition coefficient (Wildman–Crippen LogP) is 8.62. The van der Waals surface area contributed by atoms with Gasteiger partial charge in [0.25, 0.3) is 0 Å². The van der Waals surface area contributed by atoms with E-state index in [2.05, 4.69) is 91.6 Å². The Bertz CT molecular complexity index is 1600. The number of pyridine rings is 1. The van der Waals surface area contributed by atoms with Crippen molar-refractivity contribution in [3.8, 4) is 56.5 Å². The zero-order valence-electron chi connectivity index (χ0n) is 19.6. The summed E-state index contributed by atoms with van der Waals surface area (Å²) < 4.78 is 12.7. The van der Waals surface area contributed by atoms with Gasteiger partial charge in [-0.3, -0.25) is 4.98 Å². The van der Waals surface area contributed by atoms with Gasteiger partial charge in [-0.1, -0.05) is 74.5 Å². The summed E-state index contributed by atoms with van der Waals surface area (Å²) in [6.07, 6.45) is 1.82. The summed E-state index contributed by atoms with van der Waals surface area (Å²) >= 11 is 0. The molecule has 0 unspecified atom stereocenters. The number of fused-ring (bicyclic) bond motifs is 5. The number of rotatable bonds is 2. The van der Waals surface area contributed by atoms with E-state index in [1.54, 1.807) is 0 Å². The molecule has 0 N–H and O–H groups in total. The second kappa shape index (κ2) is 7.31. The Kier molecular flexibility index (Phi) is 4.19. The molecule has 3 heteroatoms. The minimum atomic E-state index is -0.0735. The quantitative estimate of drug-likeness (QED) is 0.263. The Morgan fingerprint density at radius 1 is 0.543 bits per heavy atom. The molecule has 5 aromatic rings. The normalized spacial score (nSPS) is 14.1. The van der Waals surface area contributed by atoms with Crippen LogP contribution >= 0.6 is 0 Å². The molecule has 0 radical (unpaired) electrons. The fraction of sp³-hybridized carbons (Fsp3) is 0.0938. The summed E-state index contributed by atoms with van der Waals surface area (Å²) in [5.41, 5.74) is 9.29. The van der Waals surface area contributed by atoms with Gasteiger partial charge in [0.15, 0.2) is 23.0 Å². The highest BCUT2D eigenvalue weighted by molar-refractivity contribution is 5.83. The van der Waals surface area contributed by atoms with Crippen molar-refractivity contribution in [2.24, 2.45) is 0 Å². The Labute approximate surface area is 204 Å². The predicted molar refractivity (Wildman–Crippen MR) is 139 cm³/mol. The van der Waals surface area contributed by atoms with Gasteiger partial charge in [-0.05, 0) is 69.8 Å². The molecule has 1 aliphatic heterocycles. The lowest BCUT2D eigenvalue weighted by Crippen LogP contribution is -2.15. The van der Waals surface area contributed by atoms with Gasteiger partial charge in [-0.15, -0.1) is 0 Å². The first kappa shape index (κ1) is 20.0. The third kappa shape index (κ3) is 3.08. The third-order valence-corrected chi connectivity index (χ3v) is 7.21. The largest absolute Gasteiger partial charge is 0.450 e. The van der Waals surface area contributed by atoms with Crippen molar-refractivity contribution in [1.82, 2.24) is 4.98 Å². The van der Waals surface area contributed by atoms with Crippen molar-refractivity contribution in [2.75, 3.05) is 0 Å². The summed E-state index contributed by atoms with van der Waals surface area (Å²) in [7, 11) is 0. The molecule has 0 bridgehead atoms. The Hall–Kier alpha value is -4.37. The second-order valence-corrected chi connectivity index (χ2v) is 9.67. The third-order valence-electron chi connectivity index (χ3n) is 7.21. The van der Waals surface area contributed by atoms with Gasteiger partial charge in [0.05, 0.1) is 5.69 Å². The van der Waals surface area contributed by atoms with E-state index in [4.69, 9.17) is 9.47 Å². The number of aromatic nitrogens is 1. The molecule has 0 saturated heterocycles. The van der Waals surface area contributed by atoms with Crippen molar-refractivity contribution in [1.29, 1.82) is 0 Å². The number of hydrogen-bond acceptors (Lipinski definition) is 3. The van der Waals surface area contributed by atoms with E-state index < -0.39 is 0 Å². The highest BCUT2D eigenvalue weighted by atomic mass is 16.6. The molecule has 1 aliphatic carbocycles. The number of nitrogens with zero attached hydrogens (tertiary/aromatic N) is 1. The van der Waals surface area contributed by atoms with Crippen LogP contribution in [0.15, 0.2) is 103 Å². The van der Waals surface area contributed by atoms with Crippen molar-refractivity contribution < 1.29 is 9.47 Å². The van der Waals surface area contributed by atoms with Crippen LogP contribution in [0.1, 0.15) is 25.0 Å². The summed E-state index contributed by atoms with van der Waals surface area (Å²) in [5.74, 6) is 2.99. The maximum Gasteiger partial charge on any atom is 0.170 e. The molecule has 7 rings (SSSR count).